The summed E-state index contributed by atoms with van der Waals surface area (Å²) in [6.45, 7) is 0.489. The van der Waals surface area contributed by atoms with Crippen molar-refractivity contribution in [3.05, 3.63) is 78.1 Å². The summed E-state index contributed by atoms with van der Waals surface area (Å²) in [7, 11) is 3.37. The van der Waals surface area contributed by atoms with Crippen LogP contribution in [0.1, 0.15) is 15.9 Å². The molecule has 0 unspecified atom stereocenters. The monoisotopic (exact) mass is 321 g/mol. The van der Waals surface area contributed by atoms with E-state index < -0.39 is 0 Å². The molecule has 0 fully saturated rings. The highest BCUT2D eigenvalue weighted by Crippen LogP contribution is 2.15. The molecule has 5 nitrogen and oxygen atoms in total. The van der Waals surface area contributed by atoms with Crippen LogP contribution < -0.4 is 4.74 Å². The maximum absolute atomic E-state index is 12.5. The van der Waals surface area contributed by atoms with Crippen LogP contribution in [0.25, 0.3) is 5.69 Å². The first-order chi connectivity index (χ1) is 11.7. The topological polar surface area (TPSA) is 47.4 Å². The Kier molecular flexibility index (Phi) is 4.61. The first-order valence-corrected chi connectivity index (χ1v) is 7.66. The van der Waals surface area contributed by atoms with Crippen molar-refractivity contribution in [2.45, 2.75) is 6.54 Å². The molecule has 0 aliphatic carbocycles. The molecule has 0 aliphatic rings. The second-order valence-electron chi connectivity index (χ2n) is 5.52. The maximum Gasteiger partial charge on any atom is 0.254 e. The lowest BCUT2D eigenvalue weighted by atomic mass is 10.2. The zero-order valence-corrected chi connectivity index (χ0v) is 13.7. The van der Waals surface area contributed by atoms with Gasteiger partial charge in [-0.05, 0) is 30.3 Å². The molecule has 0 spiro atoms. The van der Waals surface area contributed by atoms with Crippen molar-refractivity contribution in [2.75, 3.05) is 14.2 Å². The first-order valence-electron chi connectivity index (χ1n) is 7.66. The number of hydrogen-bond donors (Lipinski definition) is 0. The Morgan fingerprint density at radius 2 is 1.96 bits per heavy atom. The second kappa shape index (κ2) is 7.00. The van der Waals surface area contributed by atoms with E-state index in [9.17, 15) is 4.79 Å². The molecule has 1 aromatic heterocycles. The number of amides is 1. The minimum absolute atomic E-state index is 0.0543. The summed E-state index contributed by atoms with van der Waals surface area (Å²) in [5, 5.41) is 4.36. The van der Waals surface area contributed by atoms with Gasteiger partial charge in [-0.15, -0.1) is 0 Å². The third-order valence-corrected chi connectivity index (χ3v) is 3.74. The molecule has 3 rings (SSSR count). The number of hydrogen-bond acceptors (Lipinski definition) is 3. The van der Waals surface area contributed by atoms with E-state index in [1.54, 1.807) is 42.1 Å². The predicted octanol–water partition coefficient (Wildman–Crippen LogP) is 3.15. The number of para-hydroxylation sites is 1. The summed E-state index contributed by atoms with van der Waals surface area (Å²) < 4.78 is 6.98. The number of aromatic nitrogens is 2. The van der Waals surface area contributed by atoms with Crippen LogP contribution in [0.3, 0.4) is 0 Å². The van der Waals surface area contributed by atoms with Crippen molar-refractivity contribution in [1.29, 1.82) is 0 Å². The molecule has 0 radical (unpaired) electrons. The predicted molar refractivity (Wildman–Crippen MR) is 92.4 cm³/mol. The van der Waals surface area contributed by atoms with E-state index in [4.69, 9.17) is 4.74 Å². The lowest BCUT2D eigenvalue weighted by molar-refractivity contribution is 0.0784. The largest absolute Gasteiger partial charge is 0.497 e. The number of ether oxygens (including phenoxy) is 1. The average Bonchev–Trinajstić information content (AvgIpc) is 3.10. The van der Waals surface area contributed by atoms with E-state index in [0.717, 1.165) is 11.3 Å². The number of nitrogens with zero attached hydrogens (tertiary/aromatic N) is 3. The molecule has 122 valence electrons. The van der Waals surface area contributed by atoms with Crippen LogP contribution in [0.4, 0.5) is 0 Å². The van der Waals surface area contributed by atoms with Crippen LogP contribution in [-0.2, 0) is 6.54 Å². The van der Waals surface area contributed by atoms with Crippen molar-refractivity contribution in [3.8, 4) is 11.4 Å². The van der Waals surface area contributed by atoms with Gasteiger partial charge in [0, 0.05) is 30.9 Å². The Labute approximate surface area is 141 Å². The van der Waals surface area contributed by atoms with Gasteiger partial charge in [0.1, 0.15) is 5.75 Å². The van der Waals surface area contributed by atoms with Crippen LogP contribution >= 0.6 is 0 Å². The van der Waals surface area contributed by atoms with Gasteiger partial charge >= 0.3 is 0 Å². The molecular formula is C19H19N3O2. The Balaban J connectivity index is 1.71. The molecule has 2 aromatic carbocycles. The van der Waals surface area contributed by atoms with Gasteiger partial charge in [-0.2, -0.15) is 5.10 Å². The van der Waals surface area contributed by atoms with Crippen LogP contribution in [-0.4, -0.2) is 34.7 Å². The zero-order valence-electron chi connectivity index (χ0n) is 13.7. The molecule has 0 aliphatic heterocycles. The van der Waals surface area contributed by atoms with Crippen LogP contribution in [0, 0.1) is 0 Å². The minimum atomic E-state index is -0.0543. The average molecular weight is 321 g/mol. The summed E-state index contributed by atoms with van der Waals surface area (Å²) >= 11 is 0. The number of benzene rings is 2. The first kappa shape index (κ1) is 15.8. The van der Waals surface area contributed by atoms with Gasteiger partial charge in [-0.3, -0.25) is 4.79 Å². The highest BCUT2D eigenvalue weighted by molar-refractivity contribution is 5.94. The van der Waals surface area contributed by atoms with Gasteiger partial charge in [0.15, 0.2) is 0 Å². The number of carbonyl (C=O) groups is 1. The van der Waals surface area contributed by atoms with Crippen LogP contribution in [0.5, 0.6) is 5.75 Å². The summed E-state index contributed by atoms with van der Waals surface area (Å²) in [6, 6.07) is 17.0. The van der Waals surface area contributed by atoms with Gasteiger partial charge in [-0.1, -0.05) is 24.3 Å². The smallest absolute Gasteiger partial charge is 0.254 e. The van der Waals surface area contributed by atoms with Gasteiger partial charge < -0.3 is 9.64 Å². The normalized spacial score (nSPS) is 10.4. The second-order valence-corrected chi connectivity index (χ2v) is 5.52. The van der Waals surface area contributed by atoms with Gasteiger partial charge in [-0.25, -0.2) is 4.68 Å². The zero-order chi connectivity index (χ0) is 16.9. The highest BCUT2D eigenvalue weighted by Gasteiger charge is 2.13. The molecule has 0 atom stereocenters. The van der Waals surface area contributed by atoms with E-state index >= 15 is 0 Å². The van der Waals surface area contributed by atoms with Crippen molar-refractivity contribution in [3.63, 3.8) is 0 Å². The SMILES string of the molecule is COc1cccc(C(=O)N(C)Cc2cnn(-c3ccccc3)c2)c1. The lowest BCUT2D eigenvalue weighted by Crippen LogP contribution is -2.26. The highest BCUT2D eigenvalue weighted by atomic mass is 16.5. The van der Waals surface area contributed by atoms with E-state index in [1.807, 2.05) is 48.7 Å². The number of methoxy groups -OCH3 is 1. The Morgan fingerprint density at radius 1 is 1.17 bits per heavy atom. The molecule has 0 bridgehead atoms. The molecule has 0 saturated heterocycles. The third-order valence-electron chi connectivity index (χ3n) is 3.74. The van der Waals surface area contributed by atoms with Gasteiger partial charge in [0.25, 0.3) is 5.91 Å². The standard InChI is InChI=1S/C19H19N3O2/c1-21(19(23)16-7-6-10-18(11-16)24-2)13-15-12-20-22(14-15)17-8-4-3-5-9-17/h3-12,14H,13H2,1-2H3. The minimum Gasteiger partial charge on any atom is -0.497 e. The molecule has 24 heavy (non-hydrogen) atoms. The van der Waals surface area contributed by atoms with Crippen molar-refractivity contribution >= 4 is 5.91 Å². The molecular weight excluding hydrogens is 302 g/mol. The third kappa shape index (κ3) is 3.46. The molecule has 0 N–H and O–H groups in total. The van der Waals surface area contributed by atoms with Crippen molar-refractivity contribution < 1.29 is 9.53 Å². The van der Waals surface area contributed by atoms with Crippen LogP contribution in [0.2, 0.25) is 0 Å². The van der Waals surface area contributed by atoms with E-state index in [-0.39, 0.29) is 5.91 Å². The van der Waals surface area contributed by atoms with E-state index in [2.05, 4.69) is 5.10 Å². The van der Waals surface area contributed by atoms with Crippen molar-refractivity contribution in [2.24, 2.45) is 0 Å². The number of carbonyl (C=O) groups excluding carboxylic acids is 1. The fraction of sp³-hybridized carbons (Fsp3) is 0.158. The maximum atomic E-state index is 12.5. The van der Waals surface area contributed by atoms with Gasteiger partial charge in [0.05, 0.1) is 19.0 Å². The quantitative estimate of drug-likeness (QED) is 0.725. The summed E-state index contributed by atoms with van der Waals surface area (Å²) in [4.78, 5) is 14.2. The summed E-state index contributed by atoms with van der Waals surface area (Å²) in [5.74, 6) is 0.618. The van der Waals surface area contributed by atoms with E-state index in [1.165, 1.54) is 0 Å². The molecule has 1 heterocycles. The molecule has 1 amide bonds. The van der Waals surface area contributed by atoms with Gasteiger partial charge in [0.2, 0.25) is 0 Å². The fourth-order valence-corrected chi connectivity index (χ4v) is 2.49. The molecule has 5 heteroatoms. The Morgan fingerprint density at radius 3 is 2.71 bits per heavy atom. The Bertz CT molecular complexity index is 827. The van der Waals surface area contributed by atoms with E-state index in [0.29, 0.717) is 17.9 Å². The summed E-state index contributed by atoms with van der Waals surface area (Å²) in [6.07, 6.45) is 3.72. The molecule has 3 aromatic rings. The van der Waals surface area contributed by atoms with Crippen molar-refractivity contribution in [1.82, 2.24) is 14.7 Å². The molecule has 0 saturated carbocycles. The lowest BCUT2D eigenvalue weighted by Gasteiger charge is -2.16. The number of rotatable bonds is 5. The summed E-state index contributed by atoms with van der Waals surface area (Å²) in [5.41, 5.74) is 2.57. The Hall–Kier alpha value is -3.08. The van der Waals surface area contributed by atoms with Crippen LogP contribution in [0.15, 0.2) is 67.0 Å². The fourth-order valence-electron chi connectivity index (χ4n) is 2.49.